The molecule has 1 fully saturated rings. The zero-order chi connectivity index (χ0) is 15.2. The molecule has 1 heterocycles. The van der Waals surface area contributed by atoms with Crippen LogP contribution in [0.5, 0.6) is 5.75 Å². The lowest BCUT2D eigenvalue weighted by Crippen LogP contribution is -2.44. The third-order valence-electron chi connectivity index (χ3n) is 4.05. The van der Waals surface area contributed by atoms with Crippen molar-refractivity contribution in [3.63, 3.8) is 0 Å². The summed E-state index contributed by atoms with van der Waals surface area (Å²) in [6.07, 6.45) is 2.28. The maximum absolute atomic E-state index is 12.3. The quantitative estimate of drug-likeness (QED) is 0.903. The Labute approximate surface area is 127 Å². The van der Waals surface area contributed by atoms with Crippen molar-refractivity contribution in [2.24, 2.45) is 5.92 Å². The fourth-order valence-electron chi connectivity index (χ4n) is 2.94. The van der Waals surface area contributed by atoms with Gasteiger partial charge < -0.3 is 15.0 Å². The molecule has 21 heavy (non-hydrogen) atoms. The van der Waals surface area contributed by atoms with Gasteiger partial charge in [-0.2, -0.15) is 0 Å². The second kappa shape index (κ2) is 7.46. The van der Waals surface area contributed by atoms with E-state index in [0.717, 1.165) is 37.4 Å². The lowest BCUT2D eigenvalue weighted by Gasteiger charge is -2.32. The number of hydrogen-bond acceptors (Lipinski definition) is 3. The van der Waals surface area contributed by atoms with Crippen molar-refractivity contribution in [3.8, 4) is 5.75 Å². The number of aryl methyl sites for hydroxylation is 2. The number of carbonyl (C=O) groups is 1. The lowest BCUT2D eigenvalue weighted by molar-refractivity contribution is -0.135. The molecule has 0 radical (unpaired) electrons. The number of nitrogens with one attached hydrogen (secondary N) is 1. The van der Waals surface area contributed by atoms with Crippen LogP contribution in [0.4, 0.5) is 0 Å². The Morgan fingerprint density at radius 3 is 2.95 bits per heavy atom. The molecule has 1 aromatic rings. The number of rotatable bonds is 5. The first kappa shape index (κ1) is 15.8. The summed E-state index contributed by atoms with van der Waals surface area (Å²) in [7, 11) is 1.96. The number of amides is 1. The molecular weight excluding hydrogens is 264 g/mol. The van der Waals surface area contributed by atoms with Gasteiger partial charge in [-0.25, -0.2) is 0 Å². The molecule has 1 amide bonds. The van der Waals surface area contributed by atoms with Gasteiger partial charge in [0, 0.05) is 13.1 Å². The molecule has 2 rings (SSSR count). The highest BCUT2D eigenvalue weighted by Crippen LogP contribution is 2.20. The Hall–Kier alpha value is -1.55. The molecule has 1 saturated heterocycles. The van der Waals surface area contributed by atoms with E-state index in [4.69, 9.17) is 4.74 Å². The van der Waals surface area contributed by atoms with Crippen LogP contribution in [0.15, 0.2) is 18.2 Å². The zero-order valence-electron chi connectivity index (χ0n) is 13.3. The normalized spacial score (nSPS) is 18.6. The van der Waals surface area contributed by atoms with E-state index < -0.39 is 0 Å². The SMILES string of the molecule is CNCC1CCCN(C(=O)COc2ccc(C)cc2C)C1. The maximum Gasteiger partial charge on any atom is 0.260 e. The number of likely N-dealkylation sites (tertiary alicyclic amines) is 1. The molecule has 1 aromatic carbocycles. The van der Waals surface area contributed by atoms with E-state index in [9.17, 15) is 4.79 Å². The molecule has 0 saturated carbocycles. The molecule has 1 unspecified atom stereocenters. The monoisotopic (exact) mass is 290 g/mol. The molecule has 0 spiro atoms. The van der Waals surface area contributed by atoms with Crippen LogP contribution in [0, 0.1) is 19.8 Å². The predicted molar refractivity (Wildman–Crippen MR) is 84.6 cm³/mol. The van der Waals surface area contributed by atoms with Gasteiger partial charge in [0.15, 0.2) is 6.61 Å². The van der Waals surface area contributed by atoms with Crippen LogP contribution in [0.1, 0.15) is 24.0 Å². The van der Waals surface area contributed by atoms with Crippen LogP contribution in [0.3, 0.4) is 0 Å². The second-order valence-electron chi connectivity index (χ2n) is 5.96. The molecule has 1 N–H and O–H groups in total. The first-order chi connectivity index (χ1) is 10.1. The number of carbonyl (C=O) groups excluding carboxylic acids is 1. The minimum atomic E-state index is 0.0933. The van der Waals surface area contributed by atoms with Crippen molar-refractivity contribution in [3.05, 3.63) is 29.3 Å². The van der Waals surface area contributed by atoms with Gasteiger partial charge in [-0.15, -0.1) is 0 Å². The van der Waals surface area contributed by atoms with Crippen LogP contribution in [-0.4, -0.2) is 44.1 Å². The minimum absolute atomic E-state index is 0.0933. The van der Waals surface area contributed by atoms with E-state index in [2.05, 4.69) is 18.3 Å². The number of hydrogen-bond donors (Lipinski definition) is 1. The second-order valence-corrected chi connectivity index (χ2v) is 5.96. The number of piperidine rings is 1. The van der Waals surface area contributed by atoms with Gasteiger partial charge in [0.05, 0.1) is 0 Å². The van der Waals surface area contributed by atoms with E-state index in [1.54, 1.807) is 0 Å². The zero-order valence-corrected chi connectivity index (χ0v) is 13.3. The predicted octanol–water partition coefficient (Wildman–Crippen LogP) is 2.14. The number of nitrogens with zero attached hydrogens (tertiary/aromatic N) is 1. The van der Waals surface area contributed by atoms with Gasteiger partial charge in [0.1, 0.15) is 5.75 Å². The molecule has 1 aliphatic rings. The van der Waals surface area contributed by atoms with Gasteiger partial charge in [-0.1, -0.05) is 17.7 Å². The van der Waals surface area contributed by atoms with Crippen LogP contribution in [0.2, 0.25) is 0 Å². The van der Waals surface area contributed by atoms with E-state index in [1.807, 2.05) is 31.0 Å². The Bertz CT molecular complexity index is 486. The molecule has 1 aliphatic heterocycles. The Morgan fingerprint density at radius 2 is 2.24 bits per heavy atom. The molecule has 0 aromatic heterocycles. The van der Waals surface area contributed by atoms with Crippen LogP contribution >= 0.6 is 0 Å². The van der Waals surface area contributed by atoms with Crippen molar-refractivity contribution in [2.75, 3.05) is 33.3 Å². The van der Waals surface area contributed by atoms with Gasteiger partial charge in [-0.3, -0.25) is 4.79 Å². The van der Waals surface area contributed by atoms with Gasteiger partial charge in [0.2, 0.25) is 0 Å². The number of ether oxygens (including phenoxy) is 1. The van der Waals surface area contributed by atoms with Crippen molar-refractivity contribution in [1.82, 2.24) is 10.2 Å². The molecular formula is C17H26N2O2. The first-order valence-electron chi connectivity index (χ1n) is 7.72. The molecule has 4 nitrogen and oxygen atoms in total. The summed E-state index contributed by atoms with van der Waals surface area (Å²) in [6, 6.07) is 6.03. The number of benzene rings is 1. The fourth-order valence-corrected chi connectivity index (χ4v) is 2.94. The fraction of sp³-hybridized carbons (Fsp3) is 0.588. The van der Waals surface area contributed by atoms with Crippen LogP contribution in [-0.2, 0) is 4.79 Å². The summed E-state index contributed by atoms with van der Waals surface area (Å²) in [5.74, 6) is 1.46. The highest BCUT2D eigenvalue weighted by atomic mass is 16.5. The highest BCUT2D eigenvalue weighted by Gasteiger charge is 2.23. The van der Waals surface area contributed by atoms with Crippen molar-refractivity contribution < 1.29 is 9.53 Å². The molecule has 4 heteroatoms. The Balaban J connectivity index is 1.86. The third kappa shape index (κ3) is 4.46. The average Bonchev–Trinajstić information content (AvgIpc) is 2.47. The Morgan fingerprint density at radius 1 is 1.43 bits per heavy atom. The van der Waals surface area contributed by atoms with Crippen molar-refractivity contribution in [2.45, 2.75) is 26.7 Å². The first-order valence-corrected chi connectivity index (χ1v) is 7.72. The minimum Gasteiger partial charge on any atom is -0.484 e. The van der Waals surface area contributed by atoms with Crippen LogP contribution < -0.4 is 10.1 Å². The smallest absolute Gasteiger partial charge is 0.260 e. The van der Waals surface area contributed by atoms with Crippen molar-refractivity contribution in [1.29, 1.82) is 0 Å². The Kier molecular flexibility index (Phi) is 5.62. The van der Waals surface area contributed by atoms with Gasteiger partial charge >= 0.3 is 0 Å². The standard InChI is InChI=1S/C17H26N2O2/c1-13-6-7-16(14(2)9-13)21-12-17(20)19-8-4-5-15(11-19)10-18-3/h6-7,9,15,18H,4-5,8,10-12H2,1-3H3. The molecule has 116 valence electrons. The average molecular weight is 290 g/mol. The largest absolute Gasteiger partial charge is 0.484 e. The summed E-state index contributed by atoms with van der Waals surface area (Å²) in [6.45, 7) is 6.87. The van der Waals surface area contributed by atoms with Crippen molar-refractivity contribution >= 4 is 5.91 Å². The van der Waals surface area contributed by atoms with E-state index in [1.165, 1.54) is 12.0 Å². The van der Waals surface area contributed by atoms with Gasteiger partial charge in [-0.05, 0) is 57.8 Å². The summed E-state index contributed by atoms with van der Waals surface area (Å²) < 4.78 is 5.70. The van der Waals surface area contributed by atoms with Gasteiger partial charge in [0.25, 0.3) is 5.91 Å². The molecule has 0 bridgehead atoms. The lowest BCUT2D eigenvalue weighted by atomic mass is 9.98. The summed E-state index contributed by atoms with van der Waals surface area (Å²) in [5.41, 5.74) is 2.28. The maximum atomic E-state index is 12.3. The topological polar surface area (TPSA) is 41.6 Å². The highest BCUT2D eigenvalue weighted by molar-refractivity contribution is 5.77. The van der Waals surface area contributed by atoms with E-state index in [-0.39, 0.29) is 12.5 Å². The third-order valence-corrected chi connectivity index (χ3v) is 4.05. The molecule has 1 atom stereocenters. The van der Waals surface area contributed by atoms with E-state index in [0.29, 0.717) is 5.92 Å². The summed E-state index contributed by atoms with van der Waals surface area (Å²) in [4.78, 5) is 14.2. The van der Waals surface area contributed by atoms with E-state index >= 15 is 0 Å². The summed E-state index contributed by atoms with van der Waals surface area (Å²) >= 11 is 0. The molecule has 0 aliphatic carbocycles. The summed E-state index contributed by atoms with van der Waals surface area (Å²) in [5, 5.41) is 3.20. The van der Waals surface area contributed by atoms with Crippen LogP contribution in [0.25, 0.3) is 0 Å².